The minimum atomic E-state index is -6.00. The average molecular weight is 286 g/mol. The van der Waals surface area contributed by atoms with Crippen LogP contribution in [0.25, 0.3) is 0 Å². The van der Waals surface area contributed by atoms with E-state index in [1.54, 1.807) is 22.5 Å². The van der Waals surface area contributed by atoms with E-state index in [0.29, 0.717) is 6.61 Å². The Balaban J connectivity index is 0. The fraction of sp³-hybridized carbons (Fsp3) is 0.700. The molecule has 0 fully saturated rings. The second-order valence-electron chi connectivity index (χ2n) is 3.85. The summed E-state index contributed by atoms with van der Waals surface area (Å²) in [6.45, 7) is 2.20. The van der Waals surface area contributed by atoms with Crippen LogP contribution in [0.2, 0.25) is 0 Å². The van der Waals surface area contributed by atoms with Crippen LogP contribution < -0.4 is 0 Å². The van der Waals surface area contributed by atoms with Gasteiger partial charge in [-0.1, -0.05) is 0 Å². The van der Waals surface area contributed by atoms with Gasteiger partial charge >= 0.3 is 13.2 Å². The van der Waals surface area contributed by atoms with Crippen molar-refractivity contribution in [1.82, 2.24) is 4.90 Å². The molecule has 0 bridgehead atoms. The highest BCUT2D eigenvalue weighted by Gasteiger charge is 2.20. The van der Waals surface area contributed by atoms with E-state index in [4.69, 9.17) is 4.74 Å². The van der Waals surface area contributed by atoms with Crippen LogP contribution in [0.1, 0.15) is 6.92 Å². The Morgan fingerprint density at radius 1 is 1.37 bits per heavy atom. The van der Waals surface area contributed by atoms with Gasteiger partial charge < -0.3 is 22.0 Å². The summed E-state index contributed by atoms with van der Waals surface area (Å²) in [4.78, 5) is 13.2. The van der Waals surface area contributed by atoms with Gasteiger partial charge in [0.25, 0.3) is 0 Å². The first-order valence-corrected chi connectivity index (χ1v) is 5.46. The van der Waals surface area contributed by atoms with Crippen LogP contribution in [0.15, 0.2) is 6.08 Å². The highest BCUT2D eigenvalue weighted by molar-refractivity contribution is 6.50. The Bertz CT molecular complexity index is 329. The number of carbonyl (C=O) groups is 1. The van der Waals surface area contributed by atoms with Gasteiger partial charge in [0.05, 0.1) is 12.7 Å². The van der Waals surface area contributed by atoms with Crippen molar-refractivity contribution in [2.45, 2.75) is 13.0 Å². The van der Waals surface area contributed by atoms with Crippen LogP contribution in [0.4, 0.5) is 17.3 Å². The van der Waals surface area contributed by atoms with Gasteiger partial charge in [0.15, 0.2) is 5.87 Å². The molecular weight excluding hydrogens is 267 g/mol. The summed E-state index contributed by atoms with van der Waals surface area (Å²) in [6, 6.07) is -0.364. The Labute approximate surface area is 110 Å². The molecule has 19 heavy (non-hydrogen) atoms. The van der Waals surface area contributed by atoms with Gasteiger partial charge in [-0.05, 0) is 21.0 Å². The number of nitrogens with zero attached hydrogens (tertiary/aromatic N) is 2. The molecule has 9 heteroatoms. The monoisotopic (exact) mass is 286 g/mol. The Morgan fingerprint density at radius 2 is 1.79 bits per heavy atom. The predicted molar refractivity (Wildman–Crippen MR) is 66.0 cm³/mol. The van der Waals surface area contributed by atoms with Crippen molar-refractivity contribution in [2.75, 3.05) is 34.8 Å². The van der Waals surface area contributed by atoms with E-state index >= 15 is 0 Å². The van der Waals surface area contributed by atoms with Gasteiger partial charge in [0.1, 0.15) is 20.1 Å². The van der Waals surface area contributed by atoms with Crippen LogP contribution in [0.3, 0.4) is 0 Å². The molecule has 0 saturated heterocycles. The second kappa shape index (κ2) is 9.58. The molecule has 0 aromatic heterocycles. The topological polar surface area (TPSA) is 32.6 Å². The summed E-state index contributed by atoms with van der Waals surface area (Å²) in [5, 5.41) is 0. The molecule has 0 aliphatic heterocycles. The maximum Gasteiger partial charge on any atom is 0.673 e. The lowest BCUT2D eigenvalue weighted by molar-refractivity contribution is -0.456. The van der Waals surface area contributed by atoms with Gasteiger partial charge in [-0.3, -0.25) is 4.90 Å². The third kappa shape index (κ3) is 16.7. The minimum Gasteiger partial charge on any atom is -0.465 e. The van der Waals surface area contributed by atoms with E-state index in [-0.39, 0.29) is 12.0 Å². The Morgan fingerprint density at radius 3 is 2.05 bits per heavy atom. The maximum atomic E-state index is 11.4. The van der Waals surface area contributed by atoms with E-state index in [1.807, 2.05) is 28.2 Å². The fourth-order valence-electron chi connectivity index (χ4n) is 0.875. The highest BCUT2D eigenvalue weighted by atomic mass is 19.5. The van der Waals surface area contributed by atoms with Crippen molar-refractivity contribution < 1.29 is 31.4 Å². The molecule has 0 aromatic carbocycles. The molecule has 0 heterocycles. The van der Waals surface area contributed by atoms with Crippen LogP contribution in [0, 0.1) is 0 Å². The van der Waals surface area contributed by atoms with Gasteiger partial charge in [0, 0.05) is 0 Å². The first-order chi connectivity index (χ1) is 8.49. The van der Waals surface area contributed by atoms with Crippen LogP contribution in [-0.2, 0) is 9.53 Å². The number of ether oxygens (including phenoxy) is 1. The first kappa shape index (κ1) is 20.0. The molecule has 112 valence electrons. The Hall–Kier alpha value is -1.34. The van der Waals surface area contributed by atoms with Gasteiger partial charge in [-0.2, -0.15) is 4.58 Å². The number of hydrogen-bond acceptors (Lipinski definition) is 3. The molecule has 0 spiro atoms. The lowest BCUT2D eigenvalue weighted by atomic mass is 10.3. The quantitative estimate of drug-likeness (QED) is 0.256. The van der Waals surface area contributed by atoms with Crippen molar-refractivity contribution in [2.24, 2.45) is 0 Å². The lowest BCUT2D eigenvalue weighted by Crippen LogP contribution is -2.35. The molecule has 0 aliphatic rings. The molecule has 0 radical (unpaired) electrons. The molecule has 0 aromatic rings. The van der Waals surface area contributed by atoms with Crippen LogP contribution in [0.5, 0.6) is 0 Å². The summed E-state index contributed by atoms with van der Waals surface area (Å²) >= 11 is 0. The summed E-state index contributed by atoms with van der Waals surface area (Å²) in [7, 11) is 1.37. The van der Waals surface area contributed by atoms with Crippen molar-refractivity contribution in [1.29, 1.82) is 0 Å². The van der Waals surface area contributed by atoms with Gasteiger partial charge in [-0.15, -0.1) is 0 Å². The van der Waals surface area contributed by atoms with Crippen molar-refractivity contribution in [3.63, 3.8) is 0 Å². The number of halogens is 4. The number of likely N-dealkylation sites (N-methyl/N-ethyl adjacent to an activating group) is 1. The SMILES string of the molecule is CCOC(=O)C(C=C=[N+](C)C)N(C)C.F[B-](F)(F)F. The molecule has 0 N–H and O–H groups in total. The molecule has 1 unspecified atom stereocenters. The third-order valence-electron chi connectivity index (χ3n) is 1.58. The zero-order valence-electron chi connectivity index (χ0n) is 11.7. The normalized spacial score (nSPS) is 11.9. The molecular formula is C10H19BF4N2O2. The smallest absolute Gasteiger partial charge is 0.465 e. The number of esters is 1. The number of rotatable bonds is 4. The second-order valence-corrected chi connectivity index (χ2v) is 3.85. The van der Waals surface area contributed by atoms with E-state index in [1.165, 1.54) is 0 Å². The van der Waals surface area contributed by atoms with E-state index in [9.17, 15) is 22.1 Å². The van der Waals surface area contributed by atoms with Crippen LogP contribution >= 0.6 is 0 Å². The average Bonchev–Trinajstić information content (AvgIpc) is 2.14. The Kier molecular flexibility index (Phi) is 10.1. The maximum absolute atomic E-state index is 11.4. The van der Waals surface area contributed by atoms with Gasteiger partial charge in [-0.25, -0.2) is 4.79 Å². The minimum absolute atomic E-state index is 0.244. The van der Waals surface area contributed by atoms with E-state index in [0.717, 1.165) is 0 Å². The van der Waals surface area contributed by atoms with Gasteiger partial charge in [0.2, 0.25) is 0 Å². The molecule has 0 saturated carbocycles. The molecule has 0 amide bonds. The molecule has 1 atom stereocenters. The standard InChI is InChI=1S/C10H19N2O2.BF4/c1-6-14-10(13)9(12(4)5)7-8-11(2)3;2-1(3,4)5/h7,9H,6H2,1-5H3;/q+1;-1. The van der Waals surface area contributed by atoms with Crippen molar-refractivity contribution >= 4 is 19.1 Å². The lowest BCUT2D eigenvalue weighted by Gasteiger charge is -2.17. The van der Waals surface area contributed by atoms with Crippen molar-refractivity contribution in [3.05, 3.63) is 6.08 Å². The van der Waals surface area contributed by atoms with Crippen molar-refractivity contribution in [3.8, 4) is 0 Å². The van der Waals surface area contributed by atoms with E-state index < -0.39 is 7.25 Å². The summed E-state index contributed by atoms with van der Waals surface area (Å²) in [5.74, 6) is 2.69. The molecule has 4 nitrogen and oxygen atoms in total. The number of carbonyl (C=O) groups excluding carboxylic acids is 1. The zero-order valence-corrected chi connectivity index (χ0v) is 11.7. The van der Waals surface area contributed by atoms with Crippen LogP contribution in [-0.4, -0.2) is 69.4 Å². The molecule has 0 rings (SSSR count). The fourth-order valence-corrected chi connectivity index (χ4v) is 0.875. The number of hydrogen-bond donors (Lipinski definition) is 0. The first-order valence-electron chi connectivity index (χ1n) is 5.46. The summed E-state index contributed by atoms with van der Waals surface area (Å²) < 4.78 is 45.7. The van der Waals surface area contributed by atoms with E-state index in [2.05, 4.69) is 5.87 Å². The third-order valence-corrected chi connectivity index (χ3v) is 1.58. The predicted octanol–water partition coefficient (Wildman–Crippen LogP) is 1.28. The zero-order chi connectivity index (χ0) is 15.6. The summed E-state index contributed by atoms with van der Waals surface area (Å²) in [6.07, 6.45) is 1.69. The summed E-state index contributed by atoms with van der Waals surface area (Å²) in [5.41, 5.74) is 0. The highest BCUT2D eigenvalue weighted by Crippen LogP contribution is 2.06. The molecule has 0 aliphatic carbocycles. The largest absolute Gasteiger partial charge is 0.673 e.